The molecule has 1 N–H and O–H groups in total. The SMILES string of the molecule is CC(C)[C@@H](NC(=O)c1ccccc1Br)C(=O)N1CCOCC1. The van der Waals surface area contributed by atoms with Gasteiger partial charge in [-0.1, -0.05) is 26.0 Å². The summed E-state index contributed by atoms with van der Waals surface area (Å²) < 4.78 is 5.99. The Morgan fingerprint density at radius 3 is 2.45 bits per heavy atom. The van der Waals surface area contributed by atoms with Crippen molar-refractivity contribution in [2.45, 2.75) is 19.9 Å². The highest BCUT2D eigenvalue weighted by Crippen LogP contribution is 2.17. The monoisotopic (exact) mass is 368 g/mol. The van der Waals surface area contributed by atoms with Gasteiger partial charge in [0.1, 0.15) is 6.04 Å². The first-order valence-corrected chi connectivity index (χ1v) is 8.22. The molecule has 0 unspecified atom stereocenters. The van der Waals surface area contributed by atoms with Gasteiger partial charge in [0.25, 0.3) is 5.91 Å². The number of ether oxygens (including phenoxy) is 1. The first-order chi connectivity index (χ1) is 10.5. The second kappa shape index (κ2) is 7.74. The van der Waals surface area contributed by atoms with Crippen molar-refractivity contribution in [2.75, 3.05) is 26.3 Å². The van der Waals surface area contributed by atoms with Crippen LogP contribution < -0.4 is 5.32 Å². The third kappa shape index (κ3) is 4.08. The van der Waals surface area contributed by atoms with E-state index in [0.717, 1.165) is 0 Å². The predicted octanol–water partition coefficient (Wildman–Crippen LogP) is 2.06. The molecule has 1 aliphatic heterocycles. The molecule has 0 saturated carbocycles. The van der Waals surface area contributed by atoms with E-state index in [-0.39, 0.29) is 17.7 Å². The van der Waals surface area contributed by atoms with Gasteiger partial charge in [-0.15, -0.1) is 0 Å². The van der Waals surface area contributed by atoms with Crippen LogP contribution in [0.5, 0.6) is 0 Å². The van der Waals surface area contributed by atoms with Crippen LogP contribution >= 0.6 is 15.9 Å². The molecule has 0 radical (unpaired) electrons. The van der Waals surface area contributed by atoms with Gasteiger partial charge in [0.2, 0.25) is 5.91 Å². The average molecular weight is 369 g/mol. The zero-order valence-electron chi connectivity index (χ0n) is 12.8. The van der Waals surface area contributed by atoms with Crippen LogP contribution in [-0.4, -0.2) is 49.1 Å². The number of benzene rings is 1. The molecule has 1 saturated heterocycles. The van der Waals surface area contributed by atoms with Gasteiger partial charge in [-0.2, -0.15) is 0 Å². The molecular formula is C16H21BrN2O3. The Hall–Kier alpha value is -1.40. The summed E-state index contributed by atoms with van der Waals surface area (Å²) in [5.74, 6) is -0.270. The zero-order valence-corrected chi connectivity index (χ0v) is 14.4. The van der Waals surface area contributed by atoms with Crippen molar-refractivity contribution in [3.63, 3.8) is 0 Å². The number of carbonyl (C=O) groups is 2. The Bertz CT molecular complexity index is 542. The molecule has 1 aliphatic rings. The molecule has 0 bridgehead atoms. The summed E-state index contributed by atoms with van der Waals surface area (Å²) in [5, 5.41) is 2.87. The van der Waals surface area contributed by atoms with Gasteiger partial charge in [0.15, 0.2) is 0 Å². The fraction of sp³-hybridized carbons (Fsp3) is 0.500. The lowest BCUT2D eigenvalue weighted by Gasteiger charge is -2.32. The van der Waals surface area contributed by atoms with Gasteiger partial charge in [-0.25, -0.2) is 0 Å². The molecule has 1 atom stereocenters. The van der Waals surface area contributed by atoms with Crippen molar-refractivity contribution < 1.29 is 14.3 Å². The number of nitrogens with zero attached hydrogens (tertiary/aromatic N) is 1. The summed E-state index contributed by atoms with van der Waals surface area (Å²) in [5.41, 5.74) is 0.530. The zero-order chi connectivity index (χ0) is 16.1. The molecule has 6 heteroatoms. The molecule has 1 fully saturated rings. The topological polar surface area (TPSA) is 58.6 Å². The number of rotatable bonds is 4. The first-order valence-electron chi connectivity index (χ1n) is 7.42. The minimum atomic E-state index is -0.530. The van der Waals surface area contributed by atoms with E-state index in [4.69, 9.17) is 4.74 Å². The van der Waals surface area contributed by atoms with Gasteiger partial charge in [0.05, 0.1) is 18.8 Å². The Labute approximate surface area is 139 Å². The Balaban J connectivity index is 2.10. The summed E-state index contributed by atoms with van der Waals surface area (Å²) in [4.78, 5) is 26.8. The molecule has 5 nitrogen and oxygen atoms in total. The lowest BCUT2D eigenvalue weighted by Crippen LogP contribution is -2.53. The van der Waals surface area contributed by atoms with E-state index in [1.165, 1.54) is 0 Å². The summed E-state index contributed by atoms with van der Waals surface area (Å²) in [6.45, 7) is 6.12. The van der Waals surface area contributed by atoms with Crippen molar-refractivity contribution in [2.24, 2.45) is 5.92 Å². The third-order valence-corrected chi connectivity index (χ3v) is 4.35. The van der Waals surface area contributed by atoms with Crippen LogP contribution in [0.4, 0.5) is 0 Å². The minimum absolute atomic E-state index is 0.0155. The molecule has 0 aromatic heterocycles. The summed E-state index contributed by atoms with van der Waals surface area (Å²) in [7, 11) is 0. The smallest absolute Gasteiger partial charge is 0.253 e. The van der Waals surface area contributed by atoms with Crippen molar-refractivity contribution in [1.29, 1.82) is 0 Å². The summed E-state index contributed by atoms with van der Waals surface area (Å²) in [6, 6.07) is 6.66. The van der Waals surface area contributed by atoms with Crippen LogP contribution in [0, 0.1) is 5.92 Å². The standard InChI is InChI=1S/C16H21BrN2O3/c1-11(2)14(16(21)19-7-9-22-10-8-19)18-15(20)12-5-3-4-6-13(12)17/h3-6,11,14H,7-10H2,1-2H3,(H,18,20)/t14-/m1/s1. The van der Waals surface area contributed by atoms with Crippen LogP contribution in [0.15, 0.2) is 28.7 Å². The van der Waals surface area contributed by atoms with E-state index in [9.17, 15) is 9.59 Å². The molecule has 1 heterocycles. The maximum Gasteiger partial charge on any atom is 0.253 e. The lowest BCUT2D eigenvalue weighted by molar-refractivity contribution is -0.138. The van der Waals surface area contributed by atoms with Gasteiger partial charge in [-0.05, 0) is 34.0 Å². The maximum absolute atomic E-state index is 12.6. The van der Waals surface area contributed by atoms with Crippen molar-refractivity contribution in [3.05, 3.63) is 34.3 Å². The summed E-state index contributed by atoms with van der Waals surface area (Å²) >= 11 is 3.36. The van der Waals surface area contributed by atoms with Crippen LogP contribution in [-0.2, 0) is 9.53 Å². The average Bonchev–Trinajstić information content (AvgIpc) is 2.52. The highest BCUT2D eigenvalue weighted by Gasteiger charge is 2.30. The van der Waals surface area contributed by atoms with Crippen molar-refractivity contribution in [3.8, 4) is 0 Å². The second-order valence-corrected chi connectivity index (χ2v) is 6.47. The number of hydrogen-bond acceptors (Lipinski definition) is 3. The number of carbonyl (C=O) groups excluding carboxylic acids is 2. The van der Waals surface area contributed by atoms with Gasteiger partial charge >= 0.3 is 0 Å². The van der Waals surface area contributed by atoms with Crippen LogP contribution in [0.3, 0.4) is 0 Å². The Kier molecular flexibility index (Phi) is 5.97. The van der Waals surface area contributed by atoms with Gasteiger partial charge in [0, 0.05) is 17.6 Å². The van der Waals surface area contributed by atoms with E-state index in [1.54, 1.807) is 17.0 Å². The van der Waals surface area contributed by atoms with Crippen molar-refractivity contribution in [1.82, 2.24) is 10.2 Å². The number of amides is 2. The van der Waals surface area contributed by atoms with Crippen LogP contribution in [0.25, 0.3) is 0 Å². The molecule has 22 heavy (non-hydrogen) atoms. The summed E-state index contributed by atoms with van der Waals surface area (Å²) in [6.07, 6.45) is 0. The molecule has 1 aromatic carbocycles. The number of hydrogen-bond donors (Lipinski definition) is 1. The lowest BCUT2D eigenvalue weighted by atomic mass is 10.0. The molecule has 1 aromatic rings. The first kappa shape index (κ1) is 17.0. The van der Waals surface area contributed by atoms with Gasteiger partial charge < -0.3 is 15.0 Å². The quantitative estimate of drug-likeness (QED) is 0.884. The van der Waals surface area contributed by atoms with E-state index in [2.05, 4.69) is 21.2 Å². The number of nitrogens with one attached hydrogen (secondary N) is 1. The third-order valence-electron chi connectivity index (χ3n) is 3.66. The Morgan fingerprint density at radius 1 is 1.23 bits per heavy atom. The van der Waals surface area contributed by atoms with E-state index in [0.29, 0.717) is 36.3 Å². The molecular weight excluding hydrogens is 348 g/mol. The predicted molar refractivity (Wildman–Crippen MR) is 87.6 cm³/mol. The van der Waals surface area contributed by atoms with Crippen LogP contribution in [0.2, 0.25) is 0 Å². The van der Waals surface area contributed by atoms with E-state index >= 15 is 0 Å². The number of halogens is 1. The largest absolute Gasteiger partial charge is 0.378 e. The molecule has 2 rings (SSSR count). The normalized spacial score (nSPS) is 16.5. The van der Waals surface area contributed by atoms with Crippen LogP contribution in [0.1, 0.15) is 24.2 Å². The second-order valence-electron chi connectivity index (χ2n) is 5.61. The van der Waals surface area contributed by atoms with E-state index < -0.39 is 6.04 Å². The highest BCUT2D eigenvalue weighted by molar-refractivity contribution is 9.10. The fourth-order valence-corrected chi connectivity index (χ4v) is 2.82. The van der Waals surface area contributed by atoms with E-state index in [1.807, 2.05) is 26.0 Å². The molecule has 0 spiro atoms. The highest BCUT2D eigenvalue weighted by atomic mass is 79.9. The molecule has 2 amide bonds. The molecule has 0 aliphatic carbocycles. The maximum atomic E-state index is 12.6. The number of morpholine rings is 1. The fourth-order valence-electron chi connectivity index (χ4n) is 2.36. The molecule has 120 valence electrons. The van der Waals surface area contributed by atoms with Crippen molar-refractivity contribution >= 4 is 27.7 Å². The Morgan fingerprint density at radius 2 is 1.86 bits per heavy atom. The minimum Gasteiger partial charge on any atom is -0.378 e. The van der Waals surface area contributed by atoms with Gasteiger partial charge in [-0.3, -0.25) is 9.59 Å².